The number of aryl methyl sites for hydroxylation is 1. The Balaban J connectivity index is 2.49. The standard InChI is InChI=1S/C14H14N4O2/c1-2-3-6-18-12-9(13(19)17-14(18)20)4-5-11-10(12)7-15-8-16-11/h4-5,7-8H,2-3,6H2,1H3,(H,17,19,20). The van der Waals surface area contributed by atoms with Crippen LogP contribution in [-0.4, -0.2) is 19.5 Å². The van der Waals surface area contributed by atoms with E-state index < -0.39 is 0 Å². The van der Waals surface area contributed by atoms with Crippen LogP contribution in [0.15, 0.2) is 34.2 Å². The normalized spacial score (nSPS) is 11.2. The summed E-state index contributed by atoms with van der Waals surface area (Å²) < 4.78 is 1.60. The minimum atomic E-state index is -0.382. The van der Waals surface area contributed by atoms with E-state index >= 15 is 0 Å². The molecule has 2 heterocycles. The van der Waals surface area contributed by atoms with Crippen molar-refractivity contribution in [1.82, 2.24) is 19.5 Å². The van der Waals surface area contributed by atoms with Crippen molar-refractivity contribution in [3.8, 4) is 0 Å². The highest BCUT2D eigenvalue weighted by Gasteiger charge is 2.11. The van der Waals surface area contributed by atoms with Crippen LogP contribution in [0.3, 0.4) is 0 Å². The highest BCUT2D eigenvalue weighted by Crippen LogP contribution is 2.19. The van der Waals surface area contributed by atoms with Gasteiger partial charge in [-0.15, -0.1) is 0 Å². The predicted molar refractivity (Wildman–Crippen MR) is 76.8 cm³/mol. The van der Waals surface area contributed by atoms with Crippen LogP contribution in [0, 0.1) is 0 Å². The molecule has 0 saturated heterocycles. The second kappa shape index (κ2) is 4.88. The lowest BCUT2D eigenvalue weighted by molar-refractivity contribution is 0.618. The molecule has 1 N–H and O–H groups in total. The highest BCUT2D eigenvalue weighted by atomic mass is 16.2. The average Bonchev–Trinajstić information content (AvgIpc) is 2.46. The molecule has 2 aromatic heterocycles. The van der Waals surface area contributed by atoms with Crippen LogP contribution in [0.1, 0.15) is 19.8 Å². The molecule has 0 amide bonds. The Kier molecular flexibility index (Phi) is 3.06. The number of rotatable bonds is 3. The SMILES string of the molecule is CCCCn1c(=O)[nH]c(=O)c2ccc3ncncc3c21. The maximum atomic E-state index is 12.1. The van der Waals surface area contributed by atoms with E-state index in [1.54, 1.807) is 22.9 Å². The lowest BCUT2D eigenvalue weighted by atomic mass is 10.1. The van der Waals surface area contributed by atoms with Crippen LogP contribution < -0.4 is 11.2 Å². The van der Waals surface area contributed by atoms with Crippen molar-refractivity contribution in [3.05, 3.63) is 45.5 Å². The molecule has 0 aliphatic carbocycles. The predicted octanol–water partition coefficient (Wildman–Crippen LogP) is 1.43. The summed E-state index contributed by atoms with van der Waals surface area (Å²) >= 11 is 0. The van der Waals surface area contributed by atoms with Crippen LogP contribution in [0.5, 0.6) is 0 Å². The van der Waals surface area contributed by atoms with E-state index in [0.29, 0.717) is 17.4 Å². The largest absolute Gasteiger partial charge is 0.328 e. The van der Waals surface area contributed by atoms with Gasteiger partial charge in [0.25, 0.3) is 5.56 Å². The highest BCUT2D eigenvalue weighted by molar-refractivity contribution is 6.03. The summed E-state index contributed by atoms with van der Waals surface area (Å²) in [6.07, 6.45) is 4.93. The molecule has 0 spiro atoms. The van der Waals surface area contributed by atoms with Crippen LogP contribution in [0.4, 0.5) is 0 Å². The van der Waals surface area contributed by atoms with Crippen LogP contribution >= 0.6 is 0 Å². The van der Waals surface area contributed by atoms with Crippen molar-refractivity contribution in [2.75, 3.05) is 0 Å². The van der Waals surface area contributed by atoms with Gasteiger partial charge in [0.15, 0.2) is 0 Å². The summed E-state index contributed by atoms with van der Waals surface area (Å²) in [6.45, 7) is 2.62. The maximum absolute atomic E-state index is 12.1. The number of unbranched alkanes of at least 4 members (excludes halogenated alkanes) is 1. The minimum absolute atomic E-state index is 0.372. The van der Waals surface area contributed by atoms with Gasteiger partial charge >= 0.3 is 5.69 Å². The van der Waals surface area contributed by atoms with Crippen molar-refractivity contribution in [1.29, 1.82) is 0 Å². The molecule has 6 heteroatoms. The zero-order chi connectivity index (χ0) is 14.1. The van der Waals surface area contributed by atoms with Crippen molar-refractivity contribution in [3.63, 3.8) is 0 Å². The maximum Gasteiger partial charge on any atom is 0.328 e. The Hall–Kier alpha value is -2.50. The lowest BCUT2D eigenvalue weighted by Crippen LogP contribution is -2.30. The Morgan fingerprint density at radius 2 is 2.10 bits per heavy atom. The average molecular weight is 270 g/mol. The van der Waals surface area contributed by atoms with Crippen molar-refractivity contribution in [2.45, 2.75) is 26.3 Å². The Bertz CT molecular complexity index is 895. The Morgan fingerprint density at radius 3 is 2.90 bits per heavy atom. The lowest BCUT2D eigenvalue weighted by Gasteiger charge is -2.10. The molecule has 20 heavy (non-hydrogen) atoms. The summed E-state index contributed by atoms with van der Waals surface area (Å²) in [5, 5.41) is 1.22. The number of nitrogens with zero attached hydrogens (tertiary/aromatic N) is 3. The number of nitrogens with one attached hydrogen (secondary N) is 1. The van der Waals surface area contributed by atoms with Crippen molar-refractivity contribution in [2.24, 2.45) is 0 Å². The fraction of sp³-hybridized carbons (Fsp3) is 0.286. The number of hydrogen-bond acceptors (Lipinski definition) is 4. The molecule has 3 rings (SSSR count). The Morgan fingerprint density at radius 1 is 1.25 bits per heavy atom. The minimum Gasteiger partial charge on any atom is -0.293 e. The van der Waals surface area contributed by atoms with Gasteiger partial charge in [0, 0.05) is 18.1 Å². The van der Waals surface area contributed by atoms with Gasteiger partial charge in [0.1, 0.15) is 6.33 Å². The molecule has 0 unspecified atom stereocenters. The number of fused-ring (bicyclic) bond motifs is 3. The summed E-state index contributed by atoms with van der Waals surface area (Å²) in [5.41, 5.74) is 0.587. The van der Waals surface area contributed by atoms with E-state index in [1.165, 1.54) is 6.33 Å². The van der Waals surface area contributed by atoms with E-state index in [1.807, 2.05) is 0 Å². The number of hydrogen-bond donors (Lipinski definition) is 1. The zero-order valence-electron chi connectivity index (χ0n) is 11.1. The second-order valence-corrected chi connectivity index (χ2v) is 4.68. The molecule has 0 aliphatic rings. The summed E-state index contributed by atoms with van der Waals surface area (Å²) in [5.74, 6) is 0. The van der Waals surface area contributed by atoms with Gasteiger partial charge in [0.2, 0.25) is 0 Å². The van der Waals surface area contributed by atoms with Crippen molar-refractivity contribution >= 4 is 21.8 Å². The van der Waals surface area contributed by atoms with Gasteiger partial charge in [-0.3, -0.25) is 14.3 Å². The molecule has 0 atom stereocenters. The van der Waals surface area contributed by atoms with E-state index in [-0.39, 0.29) is 11.2 Å². The molecule has 1 aromatic carbocycles. The van der Waals surface area contributed by atoms with Crippen molar-refractivity contribution < 1.29 is 0 Å². The van der Waals surface area contributed by atoms with E-state index in [0.717, 1.165) is 23.7 Å². The zero-order valence-corrected chi connectivity index (χ0v) is 11.1. The van der Waals surface area contributed by atoms with Crippen LogP contribution in [0.2, 0.25) is 0 Å². The van der Waals surface area contributed by atoms with E-state index in [2.05, 4.69) is 21.9 Å². The smallest absolute Gasteiger partial charge is 0.293 e. The third-order valence-corrected chi connectivity index (χ3v) is 3.38. The van der Waals surface area contributed by atoms with Gasteiger partial charge in [0.05, 0.1) is 16.4 Å². The molecular formula is C14H14N4O2. The van der Waals surface area contributed by atoms with Gasteiger partial charge in [-0.05, 0) is 18.6 Å². The number of aromatic amines is 1. The first kappa shape index (κ1) is 12.5. The third-order valence-electron chi connectivity index (χ3n) is 3.38. The molecule has 0 fully saturated rings. The molecule has 0 aliphatic heterocycles. The molecule has 3 aromatic rings. The topological polar surface area (TPSA) is 80.6 Å². The van der Waals surface area contributed by atoms with Crippen LogP contribution in [0.25, 0.3) is 21.8 Å². The molecular weight excluding hydrogens is 256 g/mol. The van der Waals surface area contributed by atoms with Gasteiger partial charge in [-0.25, -0.2) is 14.8 Å². The van der Waals surface area contributed by atoms with Gasteiger partial charge in [-0.2, -0.15) is 0 Å². The van der Waals surface area contributed by atoms with Gasteiger partial charge < -0.3 is 0 Å². The first-order chi connectivity index (χ1) is 9.72. The number of H-pyrrole nitrogens is 1. The Labute approximate surface area is 114 Å². The molecule has 0 saturated carbocycles. The number of aromatic nitrogens is 4. The second-order valence-electron chi connectivity index (χ2n) is 4.68. The fourth-order valence-corrected chi connectivity index (χ4v) is 2.38. The summed E-state index contributed by atoms with van der Waals surface area (Å²) in [7, 11) is 0. The van der Waals surface area contributed by atoms with Crippen LogP contribution in [-0.2, 0) is 6.54 Å². The summed E-state index contributed by atoms with van der Waals surface area (Å²) in [6, 6.07) is 3.47. The molecule has 0 radical (unpaired) electrons. The van der Waals surface area contributed by atoms with E-state index in [4.69, 9.17) is 0 Å². The quantitative estimate of drug-likeness (QED) is 0.730. The number of benzene rings is 1. The monoisotopic (exact) mass is 270 g/mol. The summed E-state index contributed by atoms with van der Waals surface area (Å²) in [4.78, 5) is 34.6. The van der Waals surface area contributed by atoms with E-state index in [9.17, 15) is 9.59 Å². The first-order valence-electron chi connectivity index (χ1n) is 6.58. The fourth-order valence-electron chi connectivity index (χ4n) is 2.38. The molecule has 102 valence electrons. The molecule has 0 bridgehead atoms. The van der Waals surface area contributed by atoms with Gasteiger partial charge in [-0.1, -0.05) is 13.3 Å². The third kappa shape index (κ3) is 1.89. The first-order valence-corrected chi connectivity index (χ1v) is 6.58. The molecule has 6 nitrogen and oxygen atoms in total.